The number of hydrogen-bond donors (Lipinski definition) is 1. The Hall–Kier alpha value is -2.99. The molecule has 0 amide bonds. The number of aliphatic carboxylic acids is 1. The van der Waals surface area contributed by atoms with Gasteiger partial charge in [0.2, 0.25) is 0 Å². The van der Waals surface area contributed by atoms with Gasteiger partial charge in [0, 0.05) is 31.1 Å². The summed E-state index contributed by atoms with van der Waals surface area (Å²) in [5.74, 6) is 0.735. The van der Waals surface area contributed by atoms with Crippen LogP contribution in [-0.2, 0) is 17.8 Å². The lowest BCUT2D eigenvalue weighted by molar-refractivity contribution is -0.144. The lowest BCUT2D eigenvalue weighted by Gasteiger charge is -2.35. The zero-order valence-electron chi connectivity index (χ0n) is 25.2. The quantitative estimate of drug-likeness (QED) is 0.260. The smallest absolute Gasteiger partial charge is 0.306 e. The highest BCUT2D eigenvalue weighted by molar-refractivity contribution is 5.70. The van der Waals surface area contributed by atoms with Gasteiger partial charge in [-0.25, -0.2) is 4.39 Å². The minimum Gasteiger partial charge on any atom is -0.481 e. The Balaban J connectivity index is 1.11. The summed E-state index contributed by atoms with van der Waals surface area (Å²) in [7, 11) is 0. The van der Waals surface area contributed by atoms with Crippen molar-refractivity contribution in [2.45, 2.75) is 83.6 Å². The predicted octanol–water partition coefficient (Wildman–Crippen LogP) is 7.43. The van der Waals surface area contributed by atoms with Crippen LogP contribution in [0.4, 0.5) is 4.39 Å². The highest BCUT2D eigenvalue weighted by Crippen LogP contribution is 2.49. The number of likely N-dealkylation sites (tertiary alicyclic amines) is 1. The molecule has 2 saturated carbocycles. The Bertz CT molecular complexity index is 1360. The first-order valence-electron chi connectivity index (χ1n) is 16.2. The summed E-state index contributed by atoms with van der Waals surface area (Å²) in [6.07, 6.45) is 8.01. The van der Waals surface area contributed by atoms with E-state index < -0.39 is 5.97 Å². The third-order valence-corrected chi connectivity index (χ3v) is 10.3. The first-order chi connectivity index (χ1) is 20.4. The summed E-state index contributed by atoms with van der Waals surface area (Å²) in [5, 5.41) is 15.1. The molecule has 1 aromatic heterocycles. The summed E-state index contributed by atoms with van der Waals surface area (Å²) in [6, 6.07) is 18.1. The standard InChI is InChI=1S/C36H46FN3O2/c1-3-40-35(22-32(38-40)17-25-9-7-24(2)8-10-25)27-13-15-39(16-14-27)23-30-19-29(34(36(41)42)18-26-11-12-26)21-33(30)28-5-4-6-31(37)20-28/h4-10,20,22,26-27,29-30,33-34H,3,11-19,21,23H2,1-2H3,(H,41,42)/t29?,30?,33?,34-/m0/s1. The van der Waals surface area contributed by atoms with Crippen molar-refractivity contribution in [3.05, 3.63) is 88.5 Å². The second kappa shape index (κ2) is 12.7. The number of carboxylic acids is 1. The highest BCUT2D eigenvalue weighted by Gasteiger charge is 2.43. The van der Waals surface area contributed by atoms with Crippen molar-refractivity contribution in [3.8, 4) is 0 Å². The summed E-state index contributed by atoms with van der Waals surface area (Å²) < 4.78 is 16.5. The molecule has 2 heterocycles. The van der Waals surface area contributed by atoms with Gasteiger partial charge in [-0.2, -0.15) is 5.10 Å². The number of benzene rings is 2. The zero-order valence-corrected chi connectivity index (χ0v) is 25.2. The Morgan fingerprint density at radius 1 is 1.05 bits per heavy atom. The number of rotatable bonds is 11. The van der Waals surface area contributed by atoms with Crippen LogP contribution in [0, 0.1) is 36.4 Å². The van der Waals surface area contributed by atoms with Crippen molar-refractivity contribution in [3.63, 3.8) is 0 Å². The largest absolute Gasteiger partial charge is 0.481 e. The maximum atomic E-state index is 14.3. The Kier molecular flexibility index (Phi) is 8.80. The minimum absolute atomic E-state index is 0.171. The normalized spacial score (nSPS) is 24.2. The molecule has 1 saturated heterocycles. The predicted molar refractivity (Wildman–Crippen MR) is 164 cm³/mol. The molecular formula is C36H46FN3O2. The molecule has 5 nitrogen and oxygen atoms in total. The van der Waals surface area contributed by atoms with Gasteiger partial charge in [0.1, 0.15) is 5.82 Å². The van der Waals surface area contributed by atoms with E-state index in [0.29, 0.717) is 17.8 Å². The molecule has 2 aromatic carbocycles. The van der Waals surface area contributed by atoms with Crippen LogP contribution in [0.1, 0.15) is 91.8 Å². The van der Waals surface area contributed by atoms with E-state index in [-0.39, 0.29) is 23.6 Å². The summed E-state index contributed by atoms with van der Waals surface area (Å²) in [5.41, 5.74) is 6.13. The molecule has 1 N–H and O–H groups in total. The molecule has 6 heteroatoms. The van der Waals surface area contributed by atoms with Crippen molar-refractivity contribution in [1.29, 1.82) is 0 Å². The number of hydrogen-bond acceptors (Lipinski definition) is 3. The SMILES string of the molecule is CCn1nc(Cc2ccc(C)cc2)cc1C1CCN(CC2CC([C@H](CC3CC3)C(=O)O)CC2c2cccc(F)c2)CC1. The topological polar surface area (TPSA) is 58.4 Å². The molecule has 3 unspecified atom stereocenters. The number of carboxylic acid groups (broad SMARTS) is 1. The fourth-order valence-electron chi connectivity index (χ4n) is 7.86. The fraction of sp³-hybridized carbons (Fsp3) is 0.556. The second-order valence-corrected chi connectivity index (χ2v) is 13.4. The van der Waals surface area contributed by atoms with E-state index in [1.165, 1.54) is 35.7 Å². The molecule has 6 rings (SSSR count). The molecular weight excluding hydrogens is 525 g/mol. The van der Waals surface area contributed by atoms with Crippen LogP contribution in [0.25, 0.3) is 0 Å². The zero-order chi connectivity index (χ0) is 29.2. The molecule has 0 radical (unpaired) electrons. The molecule has 4 atom stereocenters. The summed E-state index contributed by atoms with van der Waals surface area (Å²) >= 11 is 0. The van der Waals surface area contributed by atoms with E-state index in [1.54, 1.807) is 6.07 Å². The van der Waals surface area contributed by atoms with E-state index in [9.17, 15) is 14.3 Å². The van der Waals surface area contributed by atoms with E-state index in [0.717, 1.165) is 76.0 Å². The maximum Gasteiger partial charge on any atom is 0.306 e. The number of carbonyl (C=O) groups is 1. The lowest BCUT2D eigenvalue weighted by Crippen LogP contribution is -2.37. The van der Waals surface area contributed by atoms with Crippen molar-refractivity contribution in [2.75, 3.05) is 19.6 Å². The Labute approximate surface area is 250 Å². The molecule has 224 valence electrons. The van der Waals surface area contributed by atoms with E-state index >= 15 is 0 Å². The molecule has 3 fully saturated rings. The maximum absolute atomic E-state index is 14.3. The third kappa shape index (κ3) is 6.80. The highest BCUT2D eigenvalue weighted by atomic mass is 19.1. The van der Waals surface area contributed by atoms with E-state index in [2.05, 4.69) is 53.8 Å². The number of aryl methyl sites for hydroxylation is 2. The second-order valence-electron chi connectivity index (χ2n) is 13.4. The van der Waals surface area contributed by atoms with Gasteiger partial charge in [-0.15, -0.1) is 0 Å². The van der Waals surface area contributed by atoms with Crippen LogP contribution in [0.3, 0.4) is 0 Å². The van der Waals surface area contributed by atoms with Crippen LogP contribution in [-0.4, -0.2) is 45.4 Å². The average molecular weight is 572 g/mol. The fourth-order valence-corrected chi connectivity index (χ4v) is 7.86. The molecule has 3 aliphatic rings. The Morgan fingerprint density at radius 3 is 2.48 bits per heavy atom. The summed E-state index contributed by atoms with van der Waals surface area (Å²) in [6.45, 7) is 8.22. The third-order valence-electron chi connectivity index (χ3n) is 10.3. The van der Waals surface area contributed by atoms with Crippen molar-refractivity contribution < 1.29 is 14.3 Å². The van der Waals surface area contributed by atoms with E-state index in [4.69, 9.17) is 5.10 Å². The van der Waals surface area contributed by atoms with Gasteiger partial charge in [-0.1, -0.05) is 54.8 Å². The lowest BCUT2D eigenvalue weighted by atomic mass is 9.85. The van der Waals surface area contributed by atoms with Crippen LogP contribution in [0.2, 0.25) is 0 Å². The Morgan fingerprint density at radius 2 is 1.81 bits per heavy atom. The summed E-state index contributed by atoms with van der Waals surface area (Å²) in [4.78, 5) is 14.9. The monoisotopic (exact) mass is 571 g/mol. The average Bonchev–Trinajstić information content (AvgIpc) is 3.58. The molecule has 3 aromatic rings. The number of halogens is 1. The van der Waals surface area contributed by atoms with E-state index in [1.807, 2.05) is 12.1 Å². The minimum atomic E-state index is -0.638. The first-order valence-corrected chi connectivity index (χ1v) is 16.2. The van der Waals surface area contributed by atoms with Crippen molar-refractivity contribution in [1.82, 2.24) is 14.7 Å². The number of nitrogens with zero attached hydrogens (tertiary/aromatic N) is 3. The van der Waals surface area contributed by atoms with Gasteiger partial charge in [0.25, 0.3) is 0 Å². The molecule has 42 heavy (non-hydrogen) atoms. The van der Waals surface area contributed by atoms with Gasteiger partial charge in [0.05, 0.1) is 11.6 Å². The van der Waals surface area contributed by atoms with Gasteiger partial charge >= 0.3 is 5.97 Å². The van der Waals surface area contributed by atoms with Crippen LogP contribution in [0.5, 0.6) is 0 Å². The molecule has 0 spiro atoms. The van der Waals surface area contributed by atoms with Crippen LogP contribution >= 0.6 is 0 Å². The van der Waals surface area contributed by atoms with Gasteiger partial charge < -0.3 is 10.0 Å². The molecule has 0 bridgehead atoms. The van der Waals surface area contributed by atoms with Crippen LogP contribution in [0.15, 0.2) is 54.6 Å². The number of aromatic nitrogens is 2. The van der Waals surface area contributed by atoms with Gasteiger partial charge in [-0.05, 0) is 112 Å². The van der Waals surface area contributed by atoms with Crippen molar-refractivity contribution in [2.24, 2.45) is 23.7 Å². The molecule has 1 aliphatic heterocycles. The number of piperidine rings is 1. The first kappa shape index (κ1) is 29.1. The van der Waals surface area contributed by atoms with Crippen LogP contribution < -0.4 is 0 Å². The van der Waals surface area contributed by atoms with Gasteiger partial charge in [-0.3, -0.25) is 9.48 Å². The van der Waals surface area contributed by atoms with Crippen molar-refractivity contribution >= 4 is 5.97 Å². The molecule has 2 aliphatic carbocycles. The van der Waals surface area contributed by atoms with Gasteiger partial charge in [0.15, 0.2) is 0 Å².